The van der Waals surface area contributed by atoms with Crippen LogP contribution in [-0.4, -0.2) is 0 Å². The van der Waals surface area contributed by atoms with Gasteiger partial charge in [0.1, 0.15) is 23.7 Å². The molecule has 0 bridgehead atoms. The van der Waals surface area contributed by atoms with E-state index in [1.807, 2.05) is 49.4 Å². The largest absolute Gasteiger partial charge is 0.484 e. The molecular formula is C17H16ClNO2. The molecule has 21 heavy (non-hydrogen) atoms. The first kappa shape index (κ1) is 14.0. The lowest BCUT2D eigenvalue weighted by molar-refractivity contribution is 0.273. The Morgan fingerprint density at radius 2 is 2.00 bits per heavy atom. The average molecular weight is 302 g/mol. The molecule has 0 aliphatic heterocycles. The van der Waals surface area contributed by atoms with Crippen molar-refractivity contribution in [3.63, 3.8) is 0 Å². The van der Waals surface area contributed by atoms with Gasteiger partial charge in [0.15, 0.2) is 0 Å². The molecule has 2 aromatic carbocycles. The highest BCUT2D eigenvalue weighted by Crippen LogP contribution is 2.29. The molecule has 0 saturated carbocycles. The van der Waals surface area contributed by atoms with E-state index in [0.29, 0.717) is 23.9 Å². The Bertz CT molecular complexity index is 780. The number of para-hydroxylation sites is 1. The van der Waals surface area contributed by atoms with Crippen molar-refractivity contribution >= 4 is 22.6 Å². The smallest absolute Gasteiger partial charge is 0.147 e. The molecule has 0 unspecified atom stereocenters. The van der Waals surface area contributed by atoms with Crippen molar-refractivity contribution < 1.29 is 9.15 Å². The van der Waals surface area contributed by atoms with Crippen molar-refractivity contribution in [2.75, 3.05) is 0 Å². The molecule has 3 rings (SSSR count). The van der Waals surface area contributed by atoms with Crippen molar-refractivity contribution in [3.05, 3.63) is 64.4 Å². The van der Waals surface area contributed by atoms with Crippen LogP contribution in [0.1, 0.15) is 16.9 Å². The number of nitrogens with two attached hydrogens (primary N) is 1. The highest BCUT2D eigenvalue weighted by Gasteiger charge is 2.13. The van der Waals surface area contributed by atoms with E-state index in [1.165, 1.54) is 0 Å². The van der Waals surface area contributed by atoms with E-state index in [0.717, 1.165) is 27.9 Å². The summed E-state index contributed by atoms with van der Waals surface area (Å²) in [4.78, 5) is 0. The number of fused-ring (bicyclic) bond motifs is 1. The second-order valence-electron chi connectivity index (χ2n) is 4.93. The summed E-state index contributed by atoms with van der Waals surface area (Å²) in [6.07, 6.45) is 0. The van der Waals surface area contributed by atoms with Crippen molar-refractivity contribution in [1.82, 2.24) is 0 Å². The summed E-state index contributed by atoms with van der Waals surface area (Å²) in [6.45, 7) is 2.71. The molecule has 3 aromatic rings. The van der Waals surface area contributed by atoms with Crippen LogP contribution in [0.2, 0.25) is 5.02 Å². The summed E-state index contributed by atoms with van der Waals surface area (Å²) in [5, 5.41) is 1.63. The van der Waals surface area contributed by atoms with Gasteiger partial charge in [0.2, 0.25) is 0 Å². The van der Waals surface area contributed by atoms with Gasteiger partial charge < -0.3 is 14.9 Å². The van der Waals surface area contributed by atoms with Crippen LogP contribution in [0.5, 0.6) is 5.75 Å². The van der Waals surface area contributed by atoms with Crippen LogP contribution >= 0.6 is 11.6 Å². The predicted molar refractivity (Wildman–Crippen MR) is 84.6 cm³/mol. The second kappa shape index (κ2) is 5.80. The quantitative estimate of drug-likeness (QED) is 0.775. The minimum Gasteiger partial charge on any atom is -0.484 e. The van der Waals surface area contributed by atoms with Gasteiger partial charge in [-0.15, -0.1) is 0 Å². The molecule has 0 spiro atoms. The van der Waals surface area contributed by atoms with E-state index in [4.69, 9.17) is 26.5 Å². The zero-order valence-corrected chi connectivity index (χ0v) is 12.5. The normalized spacial score (nSPS) is 11.0. The Hall–Kier alpha value is -1.97. The number of halogens is 1. The number of aryl methyl sites for hydroxylation is 1. The SMILES string of the molecule is Cc1ccc(OCc2oc3ccccc3c2CN)c(Cl)c1. The van der Waals surface area contributed by atoms with Crippen molar-refractivity contribution in [2.24, 2.45) is 5.73 Å². The fourth-order valence-electron chi connectivity index (χ4n) is 2.36. The standard InChI is InChI=1S/C17H16ClNO2/c1-11-6-7-16(14(18)8-11)20-10-17-13(9-19)12-4-2-3-5-15(12)21-17/h2-8H,9-10,19H2,1H3. The van der Waals surface area contributed by atoms with Crippen molar-refractivity contribution in [2.45, 2.75) is 20.1 Å². The zero-order chi connectivity index (χ0) is 14.8. The summed E-state index contributed by atoms with van der Waals surface area (Å²) in [6, 6.07) is 13.5. The van der Waals surface area contributed by atoms with Crippen LogP contribution in [0.3, 0.4) is 0 Å². The van der Waals surface area contributed by atoms with Gasteiger partial charge in [-0.1, -0.05) is 35.9 Å². The van der Waals surface area contributed by atoms with E-state index in [9.17, 15) is 0 Å². The Morgan fingerprint density at radius 1 is 1.19 bits per heavy atom. The van der Waals surface area contributed by atoms with Gasteiger partial charge in [-0.25, -0.2) is 0 Å². The molecule has 108 valence electrons. The summed E-state index contributed by atoms with van der Waals surface area (Å²) in [7, 11) is 0. The van der Waals surface area contributed by atoms with E-state index >= 15 is 0 Å². The van der Waals surface area contributed by atoms with E-state index in [-0.39, 0.29) is 0 Å². The van der Waals surface area contributed by atoms with E-state index in [1.54, 1.807) is 0 Å². The molecule has 0 radical (unpaired) electrons. The lowest BCUT2D eigenvalue weighted by atomic mass is 10.1. The maximum Gasteiger partial charge on any atom is 0.147 e. The molecule has 2 N–H and O–H groups in total. The number of rotatable bonds is 4. The number of ether oxygens (including phenoxy) is 1. The lowest BCUT2D eigenvalue weighted by Crippen LogP contribution is -2.02. The summed E-state index contributed by atoms with van der Waals surface area (Å²) >= 11 is 6.17. The Morgan fingerprint density at radius 3 is 2.76 bits per heavy atom. The van der Waals surface area contributed by atoms with Gasteiger partial charge in [-0.3, -0.25) is 0 Å². The number of benzene rings is 2. The van der Waals surface area contributed by atoms with Crippen LogP contribution in [0.15, 0.2) is 46.9 Å². The third-order valence-corrected chi connectivity index (χ3v) is 3.73. The van der Waals surface area contributed by atoms with E-state index in [2.05, 4.69) is 0 Å². The second-order valence-corrected chi connectivity index (χ2v) is 5.33. The third kappa shape index (κ3) is 2.75. The maximum absolute atomic E-state index is 6.17. The molecule has 1 aromatic heterocycles. The molecule has 1 heterocycles. The fourth-order valence-corrected chi connectivity index (χ4v) is 2.65. The highest BCUT2D eigenvalue weighted by atomic mass is 35.5. The van der Waals surface area contributed by atoms with Crippen molar-refractivity contribution in [1.29, 1.82) is 0 Å². The van der Waals surface area contributed by atoms with Gasteiger partial charge in [-0.05, 0) is 30.7 Å². The van der Waals surface area contributed by atoms with Crippen LogP contribution < -0.4 is 10.5 Å². The molecule has 4 heteroatoms. The molecule has 0 atom stereocenters. The van der Waals surface area contributed by atoms with Crippen LogP contribution in [-0.2, 0) is 13.2 Å². The summed E-state index contributed by atoms with van der Waals surface area (Å²) in [5.74, 6) is 1.39. The Labute approximate surface area is 128 Å². The lowest BCUT2D eigenvalue weighted by Gasteiger charge is -2.08. The molecule has 0 saturated heterocycles. The number of hydrogen-bond acceptors (Lipinski definition) is 3. The fraction of sp³-hybridized carbons (Fsp3) is 0.176. The molecule has 0 aliphatic carbocycles. The molecule has 3 nitrogen and oxygen atoms in total. The van der Waals surface area contributed by atoms with Gasteiger partial charge in [-0.2, -0.15) is 0 Å². The van der Waals surface area contributed by atoms with Gasteiger partial charge >= 0.3 is 0 Å². The van der Waals surface area contributed by atoms with Crippen LogP contribution in [0, 0.1) is 6.92 Å². The summed E-state index contributed by atoms with van der Waals surface area (Å²) < 4.78 is 11.6. The third-order valence-electron chi connectivity index (χ3n) is 3.43. The monoisotopic (exact) mass is 301 g/mol. The van der Waals surface area contributed by atoms with Gasteiger partial charge in [0.25, 0.3) is 0 Å². The highest BCUT2D eigenvalue weighted by molar-refractivity contribution is 6.32. The molecule has 0 amide bonds. The van der Waals surface area contributed by atoms with Crippen molar-refractivity contribution in [3.8, 4) is 5.75 Å². The average Bonchev–Trinajstić information content (AvgIpc) is 2.83. The minimum atomic E-state index is 0.310. The first-order chi connectivity index (χ1) is 10.2. The van der Waals surface area contributed by atoms with E-state index < -0.39 is 0 Å². The number of furan rings is 1. The van der Waals surface area contributed by atoms with Crippen LogP contribution in [0.4, 0.5) is 0 Å². The zero-order valence-electron chi connectivity index (χ0n) is 11.7. The van der Waals surface area contributed by atoms with Gasteiger partial charge in [0, 0.05) is 17.5 Å². The molecule has 0 fully saturated rings. The van der Waals surface area contributed by atoms with Crippen LogP contribution in [0.25, 0.3) is 11.0 Å². The maximum atomic E-state index is 6.17. The predicted octanol–water partition coefficient (Wildman–Crippen LogP) is 4.43. The Kier molecular flexibility index (Phi) is 3.86. The first-order valence-electron chi connectivity index (χ1n) is 6.77. The first-order valence-corrected chi connectivity index (χ1v) is 7.15. The Balaban J connectivity index is 1.88. The molecular weight excluding hydrogens is 286 g/mol. The number of hydrogen-bond donors (Lipinski definition) is 1. The summed E-state index contributed by atoms with van der Waals surface area (Å²) in [5.41, 5.74) is 8.74. The minimum absolute atomic E-state index is 0.310. The van der Waals surface area contributed by atoms with Gasteiger partial charge in [0.05, 0.1) is 5.02 Å². The molecule has 0 aliphatic rings. The topological polar surface area (TPSA) is 48.4 Å².